The second kappa shape index (κ2) is 9.02. The van der Waals surface area contributed by atoms with E-state index in [9.17, 15) is 0 Å². The Morgan fingerprint density at radius 3 is 2.53 bits per heavy atom. The summed E-state index contributed by atoms with van der Waals surface area (Å²) in [5, 5.41) is 0. The Morgan fingerprint density at radius 2 is 1.95 bits per heavy atom. The number of halogens is 2. The van der Waals surface area contributed by atoms with Crippen LogP contribution >= 0.6 is 46.9 Å². The van der Waals surface area contributed by atoms with E-state index in [0.717, 1.165) is 30.4 Å². The lowest BCUT2D eigenvalue weighted by atomic mass is 10.2. The van der Waals surface area contributed by atoms with Crippen LogP contribution in [-0.2, 0) is 6.42 Å². The average molecular weight is 414 g/mol. The summed E-state index contributed by atoms with van der Waals surface area (Å²) in [7, 11) is 0. The van der Waals surface area contributed by atoms with Crippen LogP contribution in [-0.4, -0.2) is 30.5 Å². The lowest BCUT2D eigenvalue weighted by Crippen LogP contribution is -2.38. The topological polar surface area (TPSA) is 41.6 Å². The first-order valence-corrected chi connectivity index (χ1v) is 7.74. The lowest BCUT2D eigenvalue weighted by Gasteiger charge is -2.20. The summed E-state index contributed by atoms with van der Waals surface area (Å²) in [6.45, 7) is 2.86. The molecule has 3 nitrogen and oxygen atoms in total. The van der Waals surface area contributed by atoms with Crippen LogP contribution in [0.1, 0.15) is 30.6 Å². The fraction of sp³-hybridized carbons (Fsp3) is 0.615. The van der Waals surface area contributed by atoms with Crippen LogP contribution in [0, 0.1) is 0 Å². The second-order valence-electron chi connectivity index (χ2n) is 4.60. The molecule has 1 fully saturated rings. The van der Waals surface area contributed by atoms with Gasteiger partial charge in [0, 0.05) is 30.9 Å². The van der Waals surface area contributed by atoms with E-state index in [2.05, 4.69) is 16.0 Å². The molecule has 2 rings (SSSR count). The molecule has 19 heavy (non-hydrogen) atoms. The number of nitrogens with two attached hydrogens (primary N) is 1. The molecule has 1 aliphatic rings. The minimum atomic E-state index is 0. The van der Waals surface area contributed by atoms with E-state index in [4.69, 9.17) is 17.3 Å². The molecule has 6 heteroatoms. The smallest absolute Gasteiger partial charge is 0.191 e. The fourth-order valence-corrected chi connectivity index (χ4v) is 3.24. The van der Waals surface area contributed by atoms with Gasteiger partial charge in [0.2, 0.25) is 0 Å². The van der Waals surface area contributed by atoms with Gasteiger partial charge in [-0.3, -0.25) is 4.99 Å². The summed E-state index contributed by atoms with van der Waals surface area (Å²) in [5.74, 6) is 0.708. The number of guanidine groups is 1. The maximum atomic E-state index is 6.04. The first-order chi connectivity index (χ1) is 8.75. The largest absolute Gasteiger partial charge is 0.370 e. The van der Waals surface area contributed by atoms with Crippen molar-refractivity contribution in [1.82, 2.24) is 4.90 Å². The van der Waals surface area contributed by atoms with E-state index in [1.807, 2.05) is 6.07 Å². The van der Waals surface area contributed by atoms with Gasteiger partial charge in [0.05, 0.1) is 4.34 Å². The molecule has 0 aliphatic carbocycles. The van der Waals surface area contributed by atoms with E-state index >= 15 is 0 Å². The van der Waals surface area contributed by atoms with Crippen LogP contribution in [0.2, 0.25) is 4.34 Å². The molecule has 0 saturated carbocycles. The van der Waals surface area contributed by atoms with Crippen molar-refractivity contribution >= 4 is 52.9 Å². The summed E-state index contributed by atoms with van der Waals surface area (Å²) in [6.07, 6.45) is 6.02. The van der Waals surface area contributed by atoms with E-state index in [1.54, 1.807) is 11.3 Å². The molecule has 2 N–H and O–H groups in total. The van der Waals surface area contributed by atoms with Crippen molar-refractivity contribution in [3.63, 3.8) is 0 Å². The number of likely N-dealkylation sites (tertiary alicyclic amines) is 1. The molecule has 1 aromatic heterocycles. The van der Waals surface area contributed by atoms with Gasteiger partial charge >= 0.3 is 0 Å². The zero-order valence-electron chi connectivity index (χ0n) is 11.0. The highest BCUT2D eigenvalue weighted by Gasteiger charge is 2.10. The predicted molar refractivity (Wildman–Crippen MR) is 95.0 cm³/mol. The molecule has 1 saturated heterocycles. The number of hydrogen-bond donors (Lipinski definition) is 1. The average Bonchev–Trinajstić information content (AvgIpc) is 2.63. The van der Waals surface area contributed by atoms with Gasteiger partial charge in [-0.05, 0) is 25.0 Å². The number of nitrogens with zero attached hydrogens (tertiary/aromatic N) is 2. The van der Waals surface area contributed by atoms with Gasteiger partial charge in [0.25, 0.3) is 0 Å². The standard InChI is InChI=1S/C13H20ClN3S.HI/c14-12-6-5-11(18-12)7-8-16-13(15)17-9-3-1-2-4-10-17;/h5-6H,1-4,7-10H2,(H2,15,16);1H. The fourth-order valence-electron chi connectivity index (χ4n) is 2.17. The van der Waals surface area contributed by atoms with Gasteiger partial charge in [0.1, 0.15) is 0 Å². The van der Waals surface area contributed by atoms with Crippen molar-refractivity contribution in [3.8, 4) is 0 Å². The summed E-state index contributed by atoms with van der Waals surface area (Å²) in [5.41, 5.74) is 6.04. The van der Waals surface area contributed by atoms with Crippen LogP contribution in [0.4, 0.5) is 0 Å². The summed E-state index contributed by atoms with van der Waals surface area (Å²) >= 11 is 7.51. The van der Waals surface area contributed by atoms with Crippen LogP contribution in [0.25, 0.3) is 0 Å². The Labute approximate surface area is 141 Å². The normalized spacial score (nSPS) is 16.9. The number of hydrogen-bond acceptors (Lipinski definition) is 2. The zero-order chi connectivity index (χ0) is 12.8. The molecule has 108 valence electrons. The molecule has 0 amide bonds. The summed E-state index contributed by atoms with van der Waals surface area (Å²) in [4.78, 5) is 7.97. The highest BCUT2D eigenvalue weighted by molar-refractivity contribution is 14.0. The third-order valence-electron chi connectivity index (χ3n) is 3.19. The van der Waals surface area contributed by atoms with Gasteiger partial charge in [0.15, 0.2) is 5.96 Å². The Morgan fingerprint density at radius 1 is 1.26 bits per heavy atom. The molecule has 1 aromatic rings. The Balaban J connectivity index is 0.00000180. The maximum absolute atomic E-state index is 6.04. The second-order valence-corrected chi connectivity index (χ2v) is 6.40. The van der Waals surface area contributed by atoms with Gasteiger partial charge in [-0.1, -0.05) is 24.4 Å². The van der Waals surface area contributed by atoms with Crippen molar-refractivity contribution in [2.45, 2.75) is 32.1 Å². The van der Waals surface area contributed by atoms with Crippen LogP contribution in [0.15, 0.2) is 17.1 Å². The summed E-state index contributed by atoms with van der Waals surface area (Å²) in [6, 6.07) is 3.99. The summed E-state index contributed by atoms with van der Waals surface area (Å²) < 4.78 is 0.842. The van der Waals surface area contributed by atoms with Crippen molar-refractivity contribution in [2.75, 3.05) is 19.6 Å². The molecular formula is C13H21ClIN3S. The third-order valence-corrected chi connectivity index (χ3v) is 4.48. The van der Waals surface area contributed by atoms with E-state index in [1.165, 1.54) is 30.6 Å². The molecule has 0 aromatic carbocycles. The molecule has 1 aliphatic heterocycles. The third kappa shape index (κ3) is 5.87. The quantitative estimate of drug-likeness (QED) is 0.466. The van der Waals surface area contributed by atoms with E-state index in [-0.39, 0.29) is 24.0 Å². The van der Waals surface area contributed by atoms with Crippen LogP contribution in [0.3, 0.4) is 0 Å². The first kappa shape index (κ1) is 17.0. The maximum Gasteiger partial charge on any atom is 0.191 e. The van der Waals surface area contributed by atoms with Crippen LogP contribution in [0.5, 0.6) is 0 Å². The van der Waals surface area contributed by atoms with E-state index < -0.39 is 0 Å². The predicted octanol–water partition coefficient (Wildman–Crippen LogP) is 3.75. The monoisotopic (exact) mass is 413 g/mol. The van der Waals surface area contributed by atoms with Crippen molar-refractivity contribution in [3.05, 3.63) is 21.3 Å². The zero-order valence-corrected chi connectivity index (χ0v) is 14.9. The number of aliphatic imine (C=N–C) groups is 1. The number of rotatable bonds is 3. The molecule has 2 heterocycles. The van der Waals surface area contributed by atoms with Gasteiger partial charge < -0.3 is 10.6 Å². The molecule has 0 radical (unpaired) electrons. The molecule has 0 spiro atoms. The van der Waals surface area contributed by atoms with Gasteiger partial charge in [-0.15, -0.1) is 35.3 Å². The molecular weight excluding hydrogens is 393 g/mol. The minimum Gasteiger partial charge on any atom is -0.370 e. The first-order valence-electron chi connectivity index (χ1n) is 6.55. The number of thiophene rings is 1. The van der Waals surface area contributed by atoms with Gasteiger partial charge in [-0.25, -0.2) is 0 Å². The van der Waals surface area contributed by atoms with E-state index in [0.29, 0.717) is 5.96 Å². The molecule has 0 atom stereocenters. The van der Waals surface area contributed by atoms with Crippen molar-refractivity contribution < 1.29 is 0 Å². The highest BCUT2D eigenvalue weighted by atomic mass is 127. The SMILES string of the molecule is I.NC(=NCCc1ccc(Cl)s1)N1CCCCCC1. The molecule has 0 bridgehead atoms. The van der Waals surface area contributed by atoms with Gasteiger partial charge in [-0.2, -0.15) is 0 Å². The van der Waals surface area contributed by atoms with Crippen molar-refractivity contribution in [1.29, 1.82) is 0 Å². The van der Waals surface area contributed by atoms with Crippen LogP contribution < -0.4 is 5.73 Å². The Bertz CT molecular complexity index is 400. The van der Waals surface area contributed by atoms with Crippen molar-refractivity contribution in [2.24, 2.45) is 10.7 Å². The lowest BCUT2D eigenvalue weighted by molar-refractivity contribution is 0.428. The Hall–Kier alpha value is -0.0100. The highest BCUT2D eigenvalue weighted by Crippen LogP contribution is 2.21. The molecule has 0 unspecified atom stereocenters. The Kier molecular flexibility index (Phi) is 8.09. The minimum absolute atomic E-state index is 0.